The van der Waals surface area contributed by atoms with Gasteiger partial charge in [-0.25, -0.2) is 0 Å². The molecule has 0 aliphatic carbocycles. The van der Waals surface area contributed by atoms with Crippen LogP contribution in [0.3, 0.4) is 0 Å². The third-order valence-corrected chi connectivity index (χ3v) is 4.72. The summed E-state index contributed by atoms with van der Waals surface area (Å²) in [5, 5.41) is 3.30. The Hall–Kier alpha value is -0.730. The van der Waals surface area contributed by atoms with Gasteiger partial charge in [0.05, 0.1) is 0 Å². The number of benzene rings is 1. The minimum atomic E-state index is -4.68. The van der Waals surface area contributed by atoms with Crippen molar-refractivity contribution in [3.8, 4) is 5.75 Å². The van der Waals surface area contributed by atoms with Crippen LogP contribution in [0.15, 0.2) is 24.3 Å². The van der Waals surface area contributed by atoms with E-state index in [2.05, 4.69) is 15.0 Å². The van der Waals surface area contributed by atoms with E-state index in [0.717, 1.165) is 39.0 Å². The highest BCUT2D eigenvalue weighted by atomic mass is 35.5. The van der Waals surface area contributed by atoms with Gasteiger partial charge in [0.15, 0.2) is 0 Å². The molecule has 150 valence electrons. The summed E-state index contributed by atoms with van der Waals surface area (Å²) in [5.74, 6) is 0.190. The van der Waals surface area contributed by atoms with E-state index >= 15 is 0 Å². The third-order valence-electron chi connectivity index (χ3n) is 4.72. The second kappa shape index (κ2) is 10.6. The highest BCUT2D eigenvalue weighted by Crippen LogP contribution is 2.40. The minimum Gasteiger partial charge on any atom is -0.405 e. The Morgan fingerprint density at radius 1 is 1.08 bits per heavy atom. The van der Waals surface area contributed by atoms with Gasteiger partial charge in [-0.05, 0) is 24.8 Å². The quantitative estimate of drug-likeness (QED) is 0.808. The number of halogens is 5. The van der Waals surface area contributed by atoms with Gasteiger partial charge in [-0.2, -0.15) is 0 Å². The van der Waals surface area contributed by atoms with E-state index in [4.69, 9.17) is 4.74 Å². The highest BCUT2D eigenvalue weighted by molar-refractivity contribution is 5.85. The van der Waals surface area contributed by atoms with Crippen LogP contribution in [0.4, 0.5) is 13.2 Å². The van der Waals surface area contributed by atoms with Gasteiger partial charge < -0.3 is 14.8 Å². The number of hydrogen-bond donors (Lipinski definition) is 1. The van der Waals surface area contributed by atoms with Crippen molar-refractivity contribution in [1.82, 2.24) is 10.2 Å². The number of rotatable bonds is 4. The molecule has 1 atom stereocenters. The smallest absolute Gasteiger partial charge is 0.405 e. The van der Waals surface area contributed by atoms with Gasteiger partial charge in [0.25, 0.3) is 0 Å². The number of nitrogens with zero attached hydrogens (tertiary/aromatic N) is 1. The molecule has 26 heavy (non-hydrogen) atoms. The van der Waals surface area contributed by atoms with Gasteiger partial charge in [-0.15, -0.1) is 38.0 Å². The predicted molar refractivity (Wildman–Crippen MR) is 98.3 cm³/mol. The summed E-state index contributed by atoms with van der Waals surface area (Å²) >= 11 is 0. The van der Waals surface area contributed by atoms with Gasteiger partial charge in [0.1, 0.15) is 5.75 Å². The van der Waals surface area contributed by atoms with Gasteiger partial charge >= 0.3 is 6.36 Å². The molecule has 2 fully saturated rings. The first-order chi connectivity index (χ1) is 11.5. The Morgan fingerprint density at radius 3 is 2.31 bits per heavy atom. The van der Waals surface area contributed by atoms with Crippen LogP contribution in [0, 0.1) is 5.92 Å². The fourth-order valence-corrected chi connectivity index (χ4v) is 3.68. The minimum absolute atomic E-state index is 0. The number of piperazine rings is 1. The van der Waals surface area contributed by atoms with E-state index in [1.165, 1.54) is 6.07 Å². The number of alkyl halides is 3. The van der Waals surface area contributed by atoms with Crippen LogP contribution >= 0.6 is 24.8 Å². The van der Waals surface area contributed by atoms with Crippen molar-refractivity contribution in [1.29, 1.82) is 0 Å². The molecule has 0 saturated carbocycles. The van der Waals surface area contributed by atoms with E-state index in [0.29, 0.717) is 18.8 Å². The Kier molecular flexibility index (Phi) is 9.47. The molecule has 1 N–H and O–H groups in total. The molecule has 2 saturated heterocycles. The third kappa shape index (κ3) is 6.16. The van der Waals surface area contributed by atoms with Crippen LogP contribution in [-0.2, 0) is 4.74 Å². The first-order valence-corrected chi connectivity index (χ1v) is 8.42. The maximum absolute atomic E-state index is 12.8. The monoisotopic (exact) mass is 416 g/mol. The molecule has 3 rings (SSSR count). The van der Waals surface area contributed by atoms with Crippen molar-refractivity contribution in [3.05, 3.63) is 29.8 Å². The van der Waals surface area contributed by atoms with E-state index in [-0.39, 0.29) is 42.5 Å². The van der Waals surface area contributed by atoms with Crippen LogP contribution in [0.5, 0.6) is 5.75 Å². The molecular formula is C17H25Cl2F3N2O2. The zero-order valence-electron chi connectivity index (χ0n) is 14.3. The molecular weight excluding hydrogens is 392 g/mol. The van der Waals surface area contributed by atoms with Crippen LogP contribution in [0.25, 0.3) is 0 Å². The molecule has 2 aliphatic heterocycles. The molecule has 0 aromatic heterocycles. The molecule has 4 nitrogen and oxygen atoms in total. The van der Waals surface area contributed by atoms with Crippen LogP contribution in [0.1, 0.15) is 24.4 Å². The molecule has 2 heterocycles. The Morgan fingerprint density at radius 2 is 1.69 bits per heavy atom. The lowest BCUT2D eigenvalue weighted by atomic mass is 9.85. The van der Waals surface area contributed by atoms with Gasteiger partial charge in [0.2, 0.25) is 0 Å². The zero-order valence-corrected chi connectivity index (χ0v) is 16.0. The fourth-order valence-electron chi connectivity index (χ4n) is 3.68. The van der Waals surface area contributed by atoms with Gasteiger partial charge in [-0.3, -0.25) is 4.90 Å². The number of hydrogen-bond acceptors (Lipinski definition) is 4. The van der Waals surface area contributed by atoms with E-state index in [9.17, 15) is 13.2 Å². The topological polar surface area (TPSA) is 33.7 Å². The lowest BCUT2D eigenvalue weighted by Crippen LogP contribution is -2.47. The maximum atomic E-state index is 12.8. The molecule has 1 aromatic carbocycles. The average molecular weight is 417 g/mol. The molecule has 0 spiro atoms. The Labute approximate surface area is 164 Å². The number of nitrogens with one attached hydrogen (secondary N) is 1. The molecule has 9 heteroatoms. The highest BCUT2D eigenvalue weighted by Gasteiger charge is 2.36. The summed E-state index contributed by atoms with van der Waals surface area (Å²) in [6, 6.07) is 6.48. The second-order valence-electron chi connectivity index (χ2n) is 6.27. The fraction of sp³-hybridized carbons (Fsp3) is 0.647. The summed E-state index contributed by atoms with van der Waals surface area (Å²) in [6.45, 7) is 4.67. The van der Waals surface area contributed by atoms with Gasteiger partial charge in [0, 0.05) is 51.0 Å². The second-order valence-corrected chi connectivity index (χ2v) is 6.27. The first kappa shape index (κ1) is 23.3. The van der Waals surface area contributed by atoms with E-state index in [1.54, 1.807) is 18.2 Å². The zero-order chi connectivity index (χ0) is 17.0. The van der Waals surface area contributed by atoms with E-state index in [1.807, 2.05) is 0 Å². The molecule has 0 amide bonds. The van der Waals surface area contributed by atoms with Crippen LogP contribution < -0.4 is 10.1 Å². The largest absolute Gasteiger partial charge is 0.573 e. The summed E-state index contributed by atoms with van der Waals surface area (Å²) in [6.07, 6.45) is -2.97. The molecule has 2 aliphatic rings. The van der Waals surface area contributed by atoms with E-state index < -0.39 is 6.36 Å². The first-order valence-electron chi connectivity index (χ1n) is 8.42. The summed E-state index contributed by atoms with van der Waals surface area (Å²) in [5.41, 5.74) is 0.628. The van der Waals surface area contributed by atoms with Crippen molar-refractivity contribution < 1.29 is 22.6 Å². The molecule has 0 unspecified atom stereocenters. The van der Waals surface area contributed by atoms with Crippen molar-refractivity contribution >= 4 is 24.8 Å². The number of para-hydroxylation sites is 1. The Balaban J connectivity index is 0.00000169. The normalized spacial score (nSPS) is 20.6. The lowest BCUT2D eigenvalue weighted by molar-refractivity contribution is -0.275. The van der Waals surface area contributed by atoms with Crippen molar-refractivity contribution in [2.24, 2.45) is 5.92 Å². The maximum Gasteiger partial charge on any atom is 0.573 e. The molecule has 0 bridgehead atoms. The van der Waals surface area contributed by atoms with Crippen LogP contribution in [-0.4, -0.2) is 50.7 Å². The summed E-state index contributed by atoms with van der Waals surface area (Å²) in [7, 11) is 0. The SMILES string of the molecule is Cl.Cl.FC(F)(F)Oc1ccccc1[C@@H](C1CCOCC1)N1CCNCC1. The van der Waals surface area contributed by atoms with Crippen molar-refractivity contribution in [2.45, 2.75) is 25.2 Å². The van der Waals surface area contributed by atoms with Gasteiger partial charge in [-0.1, -0.05) is 18.2 Å². The molecule has 0 radical (unpaired) electrons. The van der Waals surface area contributed by atoms with Crippen molar-refractivity contribution in [2.75, 3.05) is 39.4 Å². The summed E-state index contributed by atoms with van der Waals surface area (Å²) in [4.78, 5) is 2.28. The standard InChI is InChI=1S/C17H23F3N2O2.2ClH/c18-17(19,20)24-15-4-2-1-3-14(15)16(13-5-11-23-12-6-13)22-9-7-21-8-10-22;;/h1-4,13,16,21H,5-12H2;2*1H/t16-;;/m1../s1. The Bertz CT molecular complexity index is 519. The average Bonchev–Trinajstić information content (AvgIpc) is 2.57. The molecule has 1 aromatic rings. The number of ether oxygens (including phenoxy) is 2. The predicted octanol–water partition coefficient (Wildman–Crippen LogP) is 3.80. The van der Waals surface area contributed by atoms with Crippen molar-refractivity contribution in [3.63, 3.8) is 0 Å². The lowest BCUT2D eigenvalue weighted by Gasteiger charge is -2.41. The summed E-state index contributed by atoms with van der Waals surface area (Å²) < 4.78 is 48.2. The van der Waals surface area contributed by atoms with Crippen LogP contribution in [0.2, 0.25) is 0 Å².